The van der Waals surface area contributed by atoms with Gasteiger partial charge in [0.1, 0.15) is 6.29 Å². The lowest BCUT2D eigenvalue weighted by Gasteiger charge is -2.34. The molecule has 0 aromatic carbocycles. The number of β-lactam (4-membered cyclic amide) rings is 1. The molecule has 4 heteroatoms. The van der Waals surface area contributed by atoms with Gasteiger partial charge < -0.3 is 14.8 Å². The third kappa shape index (κ3) is 1.02. The molecule has 1 heterocycles. The van der Waals surface area contributed by atoms with Crippen LogP contribution in [0.5, 0.6) is 0 Å². The highest BCUT2D eigenvalue weighted by Gasteiger charge is 2.38. The number of amides is 1. The minimum absolute atomic E-state index is 0.102. The van der Waals surface area contributed by atoms with Crippen LogP contribution in [-0.4, -0.2) is 31.4 Å². The molecule has 1 amide bonds. The molecular formula is C6H9NO3. The van der Waals surface area contributed by atoms with Gasteiger partial charge in [0.25, 0.3) is 5.91 Å². The highest BCUT2D eigenvalue weighted by atomic mass is 16.5. The standard InChI is InChI=1S/C6H9NO3/c1-10-5-4(2-3-8)7-6(5)9/h3-5H,2H2,1H3,(H,7,9)/t4-,5-/m1/s1. The second-order valence-corrected chi connectivity index (χ2v) is 2.17. The maximum atomic E-state index is 10.6. The summed E-state index contributed by atoms with van der Waals surface area (Å²) in [6.07, 6.45) is 0.700. The van der Waals surface area contributed by atoms with Crippen LogP contribution in [0.1, 0.15) is 6.42 Å². The minimum Gasteiger partial charge on any atom is -0.369 e. The molecule has 0 bridgehead atoms. The number of nitrogens with one attached hydrogen (secondary N) is 1. The SMILES string of the molecule is CO[C@H]1C(=O)N[C@@H]1CC=O. The fraction of sp³-hybridized carbons (Fsp3) is 0.667. The van der Waals surface area contributed by atoms with Crippen LogP contribution in [-0.2, 0) is 14.3 Å². The van der Waals surface area contributed by atoms with Crippen molar-refractivity contribution in [2.75, 3.05) is 7.11 Å². The number of hydrogen-bond donors (Lipinski definition) is 1. The van der Waals surface area contributed by atoms with E-state index in [9.17, 15) is 9.59 Å². The summed E-state index contributed by atoms with van der Waals surface area (Å²) in [5, 5.41) is 2.55. The number of carbonyl (C=O) groups excluding carboxylic acids is 2. The Kier molecular flexibility index (Phi) is 2.01. The zero-order chi connectivity index (χ0) is 7.56. The van der Waals surface area contributed by atoms with E-state index in [2.05, 4.69) is 5.32 Å². The molecule has 0 aliphatic carbocycles. The maximum absolute atomic E-state index is 10.6. The van der Waals surface area contributed by atoms with E-state index in [1.807, 2.05) is 0 Å². The minimum atomic E-state index is -0.412. The zero-order valence-electron chi connectivity index (χ0n) is 5.66. The average molecular weight is 143 g/mol. The summed E-state index contributed by atoms with van der Waals surface area (Å²) in [5.74, 6) is -0.130. The zero-order valence-corrected chi connectivity index (χ0v) is 5.66. The van der Waals surface area contributed by atoms with Gasteiger partial charge in [-0.15, -0.1) is 0 Å². The first-order valence-electron chi connectivity index (χ1n) is 3.06. The van der Waals surface area contributed by atoms with Crippen molar-refractivity contribution in [1.82, 2.24) is 5.32 Å². The first-order valence-corrected chi connectivity index (χ1v) is 3.06. The first kappa shape index (κ1) is 7.21. The lowest BCUT2D eigenvalue weighted by atomic mass is 10.00. The quantitative estimate of drug-likeness (QED) is 0.411. The van der Waals surface area contributed by atoms with Crippen molar-refractivity contribution in [3.05, 3.63) is 0 Å². The van der Waals surface area contributed by atoms with Crippen LogP contribution in [0, 0.1) is 0 Å². The van der Waals surface area contributed by atoms with E-state index >= 15 is 0 Å². The van der Waals surface area contributed by atoms with Crippen molar-refractivity contribution in [2.24, 2.45) is 0 Å². The Morgan fingerprint density at radius 1 is 1.80 bits per heavy atom. The van der Waals surface area contributed by atoms with Gasteiger partial charge in [-0.25, -0.2) is 0 Å². The van der Waals surface area contributed by atoms with Crippen molar-refractivity contribution < 1.29 is 14.3 Å². The molecule has 1 saturated heterocycles. The van der Waals surface area contributed by atoms with Crippen LogP contribution in [0.3, 0.4) is 0 Å². The molecule has 4 nitrogen and oxygen atoms in total. The number of methoxy groups -OCH3 is 1. The van der Waals surface area contributed by atoms with E-state index < -0.39 is 6.10 Å². The van der Waals surface area contributed by atoms with Crippen LogP contribution in [0.4, 0.5) is 0 Å². The Hall–Kier alpha value is -0.900. The van der Waals surface area contributed by atoms with Crippen LogP contribution in [0.15, 0.2) is 0 Å². The predicted octanol–water partition coefficient (Wildman–Crippen LogP) is -0.911. The highest BCUT2D eigenvalue weighted by molar-refractivity contribution is 5.89. The molecule has 0 aromatic heterocycles. The number of carbonyl (C=O) groups is 2. The van der Waals surface area contributed by atoms with Gasteiger partial charge in [0.2, 0.25) is 0 Å². The molecule has 0 aromatic rings. The normalized spacial score (nSPS) is 30.7. The van der Waals surface area contributed by atoms with Crippen molar-refractivity contribution >= 4 is 12.2 Å². The molecule has 2 atom stereocenters. The summed E-state index contributed by atoms with van der Waals surface area (Å²) in [5.41, 5.74) is 0. The van der Waals surface area contributed by atoms with Crippen LogP contribution in [0.2, 0.25) is 0 Å². The molecule has 0 unspecified atom stereocenters. The topological polar surface area (TPSA) is 55.4 Å². The summed E-state index contributed by atoms with van der Waals surface area (Å²) < 4.78 is 4.79. The molecule has 0 spiro atoms. The van der Waals surface area contributed by atoms with Crippen molar-refractivity contribution in [1.29, 1.82) is 0 Å². The molecule has 0 saturated carbocycles. The van der Waals surface area contributed by atoms with Crippen LogP contribution in [0.25, 0.3) is 0 Å². The van der Waals surface area contributed by atoms with E-state index in [0.29, 0.717) is 6.42 Å². The molecule has 1 rings (SSSR count). The van der Waals surface area contributed by atoms with Gasteiger partial charge in [-0.2, -0.15) is 0 Å². The van der Waals surface area contributed by atoms with Crippen LogP contribution >= 0.6 is 0 Å². The monoisotopic (exact) mass is 143 g/mol. The Balaban J connectivity index is 2.37. The molecule has 1 fully saturated rings. The fourth-order valence-corrected chi connectivity index (χ4v) is 0.985. The summed E-state index contributed by atoms with van der Waals surface area (Å²) in [6.45, 7) is 0. The Morgan fingerprint density at radius 2 is 2.50 bits per heavy atom. The van der Waals surface area contributed by atoms with E-state index in [-0.39, 0.29) is 11.9 Å². The van der Waals surface area contributed by atoms with E-state index in [0.717, 1.165) is 6.29 Å². The molecule has 10 heavy (non-hydrogen) atoms. The summed E-state index contributed by atoms with van der Waals surface area (Å²) >= 11 is 0. The maximum Gasteiger partial charge on any atom is 0.251 e. The molecular weight excluding hydrogens is 134 g/mol. The van der Waals surface area contributed by atoms with E-state index in [4.69, 9.17) is 4.74 Å². The second kappa shape index (κ2) is 2.79. The number of hydrogen-bond acceptors (Lipinski definition) is 3. The Labute approximate surface area is 58.5 Å². The van der Waals surface area contributed by atoms with Gasteiger partial charge in [-0.3, -0.25) is 4.79 Å². The van der Waals surface area contributed by atoms with Crippen molar-refractivity contribution in [2.45, 2.75) is 18.6 Å². The van der Waals surface area contributed by atoms with Gasteiger partial charge in [-0.05, 0) is 0 Å². The van der Waals surface area contributed by atoms with E-state index in [1.54, 1.807) is 0 Å². The summed E-state index contributed by atoms with van der Waals surface area (Å²) in [6, 6.07) is -0.102. The van der Waals surface area contributed by atoms with Gasteiger partial charge in [0.05, 0.1) is 6.04 Å². The number of rotatable bonds is 3. The third-order valence-electron chi connectivity index (χ3n) is 1.56. The van der Waals surface area contributed by atoms with Gasteiger partial charge in [0, 0.05) is 13.5 Å². The van der Waals surface area contributed by atoms with Crippen molar-refractivity contribution in [3.63, 3.8) is 0 Å². The van der Waals surface area contributed by atoms with Crippen LogP contribution < -0.4 is 5.32 Å². The smallest absolute Gasteiger partial charge is 0.251 e. The fourth-order valence-electron chi connectivity index (χ4n) is 0.985. The molecule has 56 valence electrons. The first-order chi connectivity index (χ1) is 4.79. The summed E-state index contributed by atoms with van der Waals surface area (Å²) in [4.78, 5) is 20.6. The number of aldehydes is 1. The van der Waals surface area contributed by atoms with Gasteiger partial charge >= 0.3 is 0 Å². The summed E-state index contributed by atoms with van der Waals surface area (Å²) in [7, 11) is 1.46. The highest BCUT2D eigenvalue weighted by Crippen LogP contribution is 2.11. The van der Waals surface area contributed by atoms with Crippen molar-refractivity contribution in [3.8, 4) is 0 Å². The van der Waals surface area contributed by atoms with Gasteiger partial charge in [-0.1, -0.05) is 0 Å². The predicted molar refractivity (Wildman–Crippen MR) is 33.4 cm³/mol. The molecule has 1 aliphatic rings. The molecule has 1 aliphatic heterocycles. The third-order valence-corrected chi connectivity index (χ3v) is 1.56. The molecule has 1 N–H and O–H groups in total. The lowest BCUT2D eigenvalue weighted by Crippen LogP contribution is -2.63. The largest absolute Gasteiger partial charge is 0.369 e. The second-order valence-electron chi connectivity index (χ2n) is 2.17. The Bertz CT molecular complexity index is 155. The average Bonchev–Trinajstić information content (AvgIpc) is 1.88. The Morgan fingerprint density at radius 3 is 2.90 bits per heavy atom. The number of ether oxygens (including phenoxy) is 1. The van der Waals surface area contributed by atoms with Gasteiger partial charge in [0.15, 0.2) is 6.10 Å². The molecule has 0 radical (unpaired) electrons. The van der Waals surface area contributed by atoms with E-state index in [1.165, 1.54) is 7.11 Å². The lowest BCUT2D eigenvalue weighted by molar-refractivity contribution is -0.145.